The van der Waals surface area contributed by atoms with E-state index in [1.165, 1.54) is 24.1 Å². The molecule has 2 aromatic rings. The summed E-state index contributed by atoms with van der Waals surface area (Å²) in [6.07, 6.45) is 8.16. The van der Waals surface area contributed by atoms with E-state index in [0.29, 0.717) is 13.0 Å². The lowest BCUT2D eigenvalue weighted by molar-refractivity contribution is -0.132. The number of carbonyl (C=O) groups excluding carboxylic acids is 1. The molecule has 0 radical (unpaired) electrons. The Morgan fingerprint density at radius 1 is 1.08 bits per heavy atom. The van der Waals surface area contributed by atoms with Gasteiger partial charge in [-0.3, -0.25) is 4.79 Å². The molecule has 0 spiro atoms. The van der Waals surface area contributed by atoms with Crippen molar-refractivity contribution in [2.45, 2.75) is 65.5 Å². The molecule has 1 heterocycles. The normalized spacial score (nSPS) is 10.9. The van der Waals surface area contributed by atoms with Gasteiger partial charge in [0.25, 0.3) is 0 Å². The van der Waals surface area contributed by atoms with Gasteiger partial charge in [-0.2, -0.15) is 0 Å². The third-order valence-corrected chi connectivity index (χ3v) is 4.88. The van der Waals surface area contributed by atoms with Gasteiger partial charge in [-0.05, 0) is 42.7 Å². The molecule has 0 fully saturated rings. The molecule has 0 aliphatic heterocycles. The second kappa shape index (κ2) is 11.1. The molecular weight excluding hydrogens is 344 g/mol. The molecule has 26 heavy (non-hydrogen) atoms. The van der Waals surface area contributed by atoms with Gasteiger partial charge in [0, 0.05) is 36.4 Å². The zero-order valence-electron chi connectivity index (χ0n) is 16.1. The molecule has 0 N–H and O–H groups in total. The Balaban J connectivity index is 2.07. The maximum atomic E-state index is 12.6. The second-order valence-corrected chi connectivity index (χ2v) is 7.32. The van der Waals surface area contributed by atoms with Crippen LogP contribution < -0.4 is 0 Å². The number of carbonyl (C=O) groups is 1. The fourth-order valence-electron chi connectivity index (χ4n) is 3.11. The van der Waals surface area contributed by atoms with Gasteiger partial charge in [0.05, 0.1) is 6.54 Å². The number of halogens is 1. The molecule has 0 saturated heterocycles. The summed E-state index contributed by atoms with van der Waals surface area (Å²) < 4.78 is 2.21. The minimum Gasteiger partial charge on any atom is -0.345 e. The summed E-state index contributed by atoms with van der Waals surface area (Å²) in [5, 5.41) is 0.757. The zero-order valence-corrected chi connectivity index (χ0v) is 16.8. The maximum absolute atomic E-state index is 12.6. The second-order valence-electron chi connectivity index (χ2n) is 6.88. The lowest BCUT2D eigenvalue weighted by atomic mass is 10.2. The van der Waals surface area contributed by atoms with Crippen LogP contribution in [0.2, 0.25) is 5.02 Å². The molecule has 3 nitrogen and oxygen atoms in total. The third kappa shape index (κ3) is 6.53. The van der Waals surface area contributed by atoms with Crippen molar-refractivity contribution in [3.05, 3.63) is 58.9 Å². The Kier molecular flexibility index (Phi) is 8.76. The smallest absolute Gasteiger partial charge is 0.222 e. The van der Waals surface area contributed by atoms with Crippen molar-refractivity contribution in [1.82, 2.24) is 9.47 Å². The van der Waals surface area contributed by atoms with E-state index in [1.807, 2.05) is 23.1 Å². The van der Waals surface area contributed by atoms with Gasteiger partial charge in [0.1, 0.15) is 0 Å². The van der Waals surface area contributed by atoms with E-state index >= 15 is 0 Å². The highest BCUT2D eigenvalue weighted by molar-refractivity contribution is 6.30. The molecule has 1 aromatic heterocycles. The highest BCUT2D eigenvalue weighted by Gasteiger charge is 2.15. The molecule has 0 aliphatic rings. The number of benzene rings is 1. The largest absolute Gasteiger partial charge is 0.345 e. The van der Waals surface area contributed by atoms with Crippen LogP contribution in [0.15, 0.2) is 42.6 Å². The van der Waals surface area contributed by atoms with Gasteiger partial charge in [-0.15, -0.1) is 0 Å². The first-order chi connectivity index (χ1) is 12.6. The minimum atomic E-state index is 0.276. The first-order valence-corrected chi connectivity index (χ1v) is 10.2. The van der Waals surface area contributed by atoms with Gasteiger partial charge < -0.3 is 9.47 Å². The number of amides is 1. The molecule has 0 unspecified atom stereocenters. The lowest BCUT2D eigenvalue weighted by Gasteiger charge is -2.24. The van der Waals surface area contributed by atoms with Crippen molar-refractivity contribution < 1.29 is 4.79 Å². The summed E-state index contributed by atoms with van der Waals surface area (Å²) in [7, 11) is 0. The molecule has 1 amide bonds. The van der Waals surface area contributed by atoms with Gasteiger partial charge in [-0.1, -0.05) is 56.8 Å². The topological polar surface area (TPSA) is 25.2 Å². The number of aromatic nitrogens is 1. The highest BCUT2D eigenvalue weighted by atomic mass is 35.5. The van der Waals surface area contributed by atoms with Crippen molar-refractivity contribution in [2.75, 3.05) is 6.54 Å². The number of hydrogen-bond acceptors (Lipinski definition) is 1. The SMILES string of the molecule is CCCCCN(Cc1cccn1Cc1cccc(Cl)c1)C(=O)CCCC. The van der Waals surface area contributed by atoms with Crippen LogP contribution in [0.5, 0.6) is 0 Å². The minimum absolute atomic E-state index is 0.276. The molecule has 0 atom stereocenters. The predicted molar refractivity (Wildman–Crippen MR) is 109 cm³/mol. The summed E-state index contributed by atoms with van der Waals surface area (Å²) in [6, 6.07) is 12.1. The number of rotatable bonds is 11. The summed E-state index contributed by atoms with van der Waals surface area (Å²) in [5.41, 5.74) is 2.34. The number of hydrogen-bond donors (Lipinski definition) is 0. The molecule has 0 saturated carbocycles. The lowest BCUT2D eigenvalue weighted by Crippen LogP contribution is -2.32. The fourth-order valence-corrected chi connectivity index (χ4v) is 3.32. The first kappa shape index (κ1) is 20.6. The Bertz CT molecular complexity index is 680. The van der Waals surface area contributed by atoms with Crippen molar-refractivity contribution in [2.24, 2.45) is 0 Å². The molecule has 142 valence electrons. The van der Waals surface area contributed by atoms with Crippen molar-refractivity contribution in [1.29, 1.82) is 0 Å². The summed E-state index contributed by atoms with van der Waals surface area (Å²) in [6.45, 7) is 6.62. The molecule has 2 rings (SSSR count). The van der Waals surface area contributed by atoms with Crippen molar-refractivity contribution in [3.8, 4) is 0 Å². The Morgan fingerprint density at radius 3 is 2.62 bits per heavy atom. The van der Waals surface area contributed by atoms with Crippen LogP contribution in [0.1, 0.15) is 63.6 Å². The Hall–Kier alpha value is -1.74. The van der Waals surface area contributed by atoms with E-state index in [4.69, 9.17) is 11.6 Å². The Labute approximate surface area is 163 Å². The molecule has 0 aliphatic carbocycles. The molecule has 0 bridgehead atoms. The first-order valence-electron chi connectivity index (χ1n) is 9.80. The number of unbranched alkanes of at least 4 members (excludes halogenated alkanes) is 3. The van der Waals surface area contributed by atoms with E-state index in [2.05, 4.69) is 42.8 Å². The molecule has 4 heteroatoms. The zero-order chi connectivity index (χ0) is 18.8. The average molecular weight is 375 g/mol. The van der Waals surface area contributed by atoms with Crippen LogP contribution in [0.3, 0.4) is 0 Å². The fraction of sp³-hybridized carbons (Fsp3) is 0.500. The summed E-state index contributed by atoms with van der Waals surface area (Å²) >= 11 is 6.11. The van der Waals surface area contributed by atoms with Crippen LogP contribution in [-0.4, -0.2) is 21.9 Å². The highest BCUT2D eigenvalue weighted by Crippen LogP contribution is 2.16. The van der Waals surface area contributed by atoms with Gasteiger partial charge in [-0.25, -0.2) is 0 Å². The van der Waals surface area contributed by atoms with Crippen LogP contribution in [0.25, 0.3) is 0 Å². The van der Waals surface area contributed by atoms with Crippen LogP contribution in [-0.2, 0) is 17.9 Å². The van der Waals surface area contributed by atoms with Gasteiger partial charge >= 0.3 is 0 Å². The van der Waals surface area contributed by atoms with Crippen LogP contribution in [0.4, 0.5) is 0 Å². The van der Waals surface area contributed by atoms with E-state index in [0.717, 1.165) is 37.4 Å². The monoisotopic (exact) mass is 374 g/mol. The molecular formula is C22H31ClN2O. The average Bonchev–Trinajstić information content (AvgIpc) is 3.05. The van der Waals surface area contributed by atoms with E-state index in [9.17, 15) is 4.79 Å². The standard InChI is InChI=1S/C22H31ClN2O/c1-3-5-7-14-25(22(26)13-6-4-2)18-21-12-9-15-24(21)17-19-10-8-11-20(23)16-19/h8-12,15-16H,3-7,13-14,17-18H2,1-2H3. The predicted octanol–water partition coefficient (Wildman–Crippen LogP) is 5.90. The maximum Gasteiger partial charge on any atom is 0.222 e. The van der Waals surface area contributed by atoms with Crippen molar-refractivity contribution >= 4 is 17.5 Å². The summed E-state index contributed by atoms with van der Waals surface area (Å²) in [4.78, 5) is 14.7. The quantitative estimate of drug-likeness (QED) is 0.449. The van der Waals surface area contributed by atoms with Crippen LogP contribution in [0, 0.1) is 0 Å². The molecule has 1 aromatic carbocycles. The van der Waals surface area contributed by atoms with E-state index in [1.54, 1.807) is 0 Å². The van der Waals surface area contributed by atoms with E-state index in [-0.39, 0.29) is 5.91 Å². The van der Waals surface area contributed by atoms with Crippen molar-refractivity contribution in [3.63, 3.8) is 0 Å². The van der Waals surface area contributed by atoms with Gasteiger partial charge in [0.15, 0.2) is 0 Å². The Morgan fingerprint density at radius 2 is 1.88 bits per heavy atom. The summed E-state index contributed by atoms with van der Waals surface area (Å²) in [5.74, 6) is 0.276. The van der Waals surface area contributed by atoms with E-state index < -0.39 is 0 Å². The van der Waals surface area contributed by atoms with Crippen LogP contribution >= 0.6 is 11.6 Å². The van der Waals surface area contributed by atoms with Gasteiger partial charge in [0.2, 0.25) is 5.91 Å². The third-order valence-electron chi connectivity index (χ3n) is 4.65. The number of nitrogens with zero attached hydrogens (tertiary/aromatic N) is 2.